The number of allylic oxidation sites excluding steroid dienone is 2. The van der Waals surface area contributed by atoms with Crippen LogP contribution in [0, 0.1) is 11.8 Å². The van der Waals surface area contributed by atoms with Crippen LogP contribution in [0.5, 0.6) is 0 Å². The lowest BCUT2D eigenvalue weighted by molar-refractivity contribution is 0.594. The zero-order valence-electron chi connectivity index (χ0n) is 21.1. The Balaban J connectivity index is 1.42. The van der Waals surface area contributed by atoms with Gasteiger partial charge < -0.3 is 4.42 Å². The van der Waals surface area contributed by atoms with Crippen molar-refractivity contribution in [3.63, 3.8) is 0 Å². The molecule has 38 heavy (non-hydrogen) atoms. The van der Waals surface area contributed by atoms with Crippen LogP contribution in [0.15, 0.2) is 114 Å². The maximum atomic E-state index is 6.92. The largest absolute Gasteiger partial charge is 0.455 e. The van der Waals surface area contributed by atoms with E-state index in [0.717, 1.165) is 41.1 Å². The molecule has 4 aromatic carbocycles. The first-order chi connectivity index (χ1) is 18.9. The SMILES string of the molecule is C1#Cc2ccccc2C=C(c2ccccc2-c2oc(-c3ccccc3-c3ccccc3)c3c2CCC=C3)C1. The summed E-state index contributed by atoms with van der Waals surface area (Å²) in [6, 6.07) is 36.2. The van der Waals surface area contributed by atoms with Crippen LogP contribution in [0.2, 0.25) is 0 Å². The van der Waals surface area contributed by atoms with Crippen molar-refractivity contribution in [2.24, 2.45) is 0 Å². The van der Waals surface area contributed by atoms with Crippen LogP contribution in [0.4, 0.5) is 0 Å². The van der Waals surface area contributed by atoms with Crippen LogP contribution < -0.4 is 0 Å². The minimum atomic E-state index is 0.707. The van der Waals surface area contributed by atoms with Gasteiger partial charge in [-0.15, -0.1) is 0 Å². The maximum Gasteiger partial charge on any atom is 0.142 e. The molecule has 180 valence electrons. The van der Waals surface area contributed by atoms with Gasteiger partial charge in [0.1, 0.15) is 11.5 Å². The summed E-state index contributed by atoms with van der Waals surface area (Å²) < 4.78 is 6.92. The van der Waals surface area contributed by atoms with E-state index >= 15 is 0 Å². The van der Waals surface area contributed by atoms with Crippen molar-refractivity contribution >= 4 is 17.7 Å². The highest BCUT2D eigenvalue weighted by Gasteiger charge is 2.25. The number of hydrogen-bond donors (Lipinski definition) is 0. The second-order valence-electron chi connectivity index (χ2n) is 9.79. The summed E-state index contributed by atoms with van der Waals surface area (Å²) >= 11 is 0. The molecular weight excluding hydrogens is 460 g/mol. The Morgan fingerprint density at radius 2 is 1.32 bits per heavy atom. The van der Waals surface area contributed by atoms with Crippen molar-refractivity contribution in [2.75, 3.05) is 0 Å². The van der Waals surface area contributed by atoms with E-state index in [4.69, 9.17) is 4.42 Å². The fraction of sp³-hybridized carbons (Fsp3) is 0.0811. The van der Waals surface area contributed by atoms with Crippen LogP contribution in [0.1, 0.15) is 40.7 Å². The Morgan fingerprint density at radius 3 is 2.16 bits per heavy atom. The predicted octanol–water partition coefficient (Wildman–Crippen LogP) is 9.54. The lowest BCUT2D eigenvalue weighted by atomic mass is 9.89. The van der Waals surface area contributed by atoms with Gasteiger partial charge in [-0.3, -0.25) is 0 Å². The summed E-state index contributed by atoms with van der Waals surface area (Å²) in [4.78, 5) is 0. The lowest BCUT2D eigenvalue weighted by Gasteiger charge is -2.12. The van der Waals surface area contributed by atoms with Gasteiger partial charge in [-0.05, 0) is 52.8 Å². The highest BCUT2D eigenvalue weighted by molar-refractivity contribution is 5.94. The number of rotatable bonds is 4. The van der Waals surface area contributed by atoms with E-state index in [1.54, 1.807) is 0 Å². The third-order valence-electron chi connectivity index (χ3n) is 7.46. The van der Waals surface area contributed by atoms with Crippen LogP contribution in [-0.4, -0.2) is 0 Å². The average Bonchev–Trinajstić information content (AvgIpc) is 3.23. The molecule has 0 spiro atoms. The van der Waals surface area contributed by atoms with Gasteiger partial charge in [-0.2, -0.15) is 0 Å². The first-order valence-corrected chi connectivity index (χ1v) is 13.2. The van der Waals surface area contributed by atoms with Crippen molar-refractivity contribution in [3.8, 4) is 45.6 Å². The Kier molecular flexibility index (Phi) is 5.65. The standard InChI is InChI=1S/C37H26O/c1-2-14-27(15-3-1)30-19-6-8-21-32(30)36-34-23-10-11-24-35(34)37(38-36)33-22-9-7-20-31(33)29-18-12-17-26-13-4-5-16-28(26)25-29/h1-10,13-16,19-23,25H,11,18,24H2. The van der Waals surface area contributed by atoms with Gasteiger partial charge in [-0.1, -0.05) is 121 Å². The Bertz CT molecular complexity index is 1780. The molecule has 1 nitrogen and oxygen atoms in total. The highest BCUT2D eigenvalue weighted by atomic mass is 16.3. The van der Waals surface area contributed by atoms with Gasteiger partial charge in [-0.25, -0.2) is 0 Å². The third kappa shape index (κ3) is 3.92. The molecule has 0 saturated carbocycles. The van der Waals surface area contributed by atoms with E-state index in [1.807, 2.05) is 0 Å². The second kappa shape index (κ2) is 9.58. The van der Waals surface area contributed by atoms with Gasteiger partial charge in [0.25, 0.3) is 0 Å². The Labute approximate surface area is 223 Å². The molecule has 2 aliphatic carbocycles. The fourth-order valence-electron chi connectivity index (χ4n) is 5.64. The molecule has 0 bridgehead atoms. The van der Waals surface area contributed by atoms with Crippen LogP contribution >= 0.6 is 0 Å². The summed E-state index contributed by atoms with van der Waals surface area (Å²) in [7, 11) is 0. The van der Waals surface area contributed by atoms with Gasteiger partial charge in [0, 0.05) is 34.2 Å². The molecule has 0 fully saturated rings. The van der Waals surface area contributed by atoms with E-state index in [9.17, 15) is 0 Å². The van der Waals surface area contributed by atoms with E-state index < -0.39 is 0 Å². The summed E-state index contributed by atoms with van der Waals surface area (Å²) in [6.45, 7) is 0. The molecule has 1 aromatic heterocycles. The van der Waals surface area contributed by atoms with Gasteiger partial charge in [0.2, 0.25) is 0 Å². The average molecular weight is 487 g/mol. The second-order valence-corrected chi connectivity index (χ2v) is 9.79. The molecule has 0 aliphatic heterocycles. The van der Waals surface area contributed by atoms with E-state index in [0.29, 0.717) is 6.42 Å². The molecule has 7 rings (SSSR count). The van der Waals surface area contributed by atoms with E-state index in [1.165, 1.54) is 39.0 Å². The lowest BCUT2D eigenvalue weighted by Crippen LogP contribution is -1.95. The molecule has 5 aromatic rings. The highest BCUT2D eigenvalue weighted by Crippen LogP contribution is 2.45. The molecule has 0 amide bonds. The Morgan fingerprint density at radius 1 is 0.632 bits per heavy atom. The van der Waals surface area contributed by atoms with E-state index in [2.05, 4.69) is 133 Å². The zero-order chi connectivity index (χ0) is 25.3. The molecule has 0 N–H and O–H groups in total. The Hall–Kier alpha value is -4.80. The summed E-state index contributed by atoms with van der Waals surface area (Å²) in [5.74, 6) is 8.66. The molecule has 0 radical (unpaired) electrons. The van der Waals surface area contributed by atoms with Crippen molar-refractivity contribution in [2.45, 2.75) is 19.3 Å². The molecular formula is C37H26O. The predicted molar refractivity (Wildman–Crippen MR) is 158 cm³/mol. The summed E-state index contributed by atoms with van der Waals surface area (Å²) in [6.07, 6.45) is 9.48. The van der Waals surface area contributed by atoms with Gasteiger partial charge in [0.15, 0.2) is 0 Å². The number of benzene rings is 4. The number of hydrogen-bond acceptors (Lipinski definition) is 1. The minimum Gasteiger partial charge on any atom is -0.455 e. The molecule has 1 heterocycles. The smallest absolute Gasteiger partial charge is 0.142 e. The van der Waals surface area contributed by atoms with Crippen molar-refractivity contribution < 1.29 is 4.42 Å². The molecule has 2 aliphatic rings. The monoisotopic (exact) mass is 486 g/mol. The quantitative estimate of drug-likeness (QED) is 0.231. The molecule has 0 saturated heterocycles. The molecule has 0 unspecified atom stereocenters. The number of furan rings is 1. The fourth-order valence-corrected chi connectivity index (χ4v) is 5.64. The van der Waals surface area contributed by atoms with Gasteiger partial charge >= 0.3 is 0 Å². The first-order valence-electron chi connectivity index (χ1n) is 13.2. The number of fused-ring (bicyclic) bond motifs is 2. The van der Waals surface area contributed by atoms with Crippen LogP contribution in [0.3, 0.4) is 0 Å². The molecule has 0 atom stereocenters. The maximum absolute atomic E-state index is 6.92. The van der Waals surface area contributed by atoms with Crippen LogP contribution in [-0.2, 0) is 6.42 Å². The third-order valence-corrected chi connectivity index (χ3v) is 7.46. The minimum absolute atomic E-state index is 0.707. The first kappa shape index (κ1) is 22.4. The van der Waals surface area contributed by atoms with Crippen molar-refractivity contribution in [3.05, 3.63) is 137 Å². The van der Waals surface area contributed by atoms with E-state index in [-0.39, 0.29) is 0 Å². The molecule has 1 heteroatoms. The van der Waals surface area contributed by atoms with Crippen molar-refractivity contribution in [1.29, 1.82) is 0 Å². The van der Waals surface area contributed by atoms with Crippen LogP contribution in [0.25, 0.3) is 51.5 Å². The zero-order valence-corrected chi connectivity index (χ0v) is 21.1. The van der Waals surface area contributed by atoms with Gasteiger partial charge in [0.05, 0.1) is 0 Å². The normalized spacial score (nSPS) is 13.5. The topological polar surface area (TPSA) is 13.1 Å². The summed E-state index contributed by atoms with van der Waals surface area (Å²) in [5.41, 5.74) is 11.8. The van der Waals surface area contributed by atoms with Crippen molar-refractivity contribution in [1.82, 2.24) is 0 Å². The summed E-state index contributed by atoms with van der Waals surface area (Å²) in [5, 5.41) is 0.